The molecule has 1 aromatic carbocycles. The van der Waals surface area contributed by atoms with Gasteiger partial charge >= 0.3 is 6.18 Å². The average Bonchev–Trinajstić information content (AvgIpc) is 2.77. The van der Waals surface area contributed by atoms with E-state index < -0.39 is 11.7 Å². The Balaban J connectivity index is 2.04. The topological polar surface area (TPSA) is 6.48 Å². The van der Waals surface area contributed by atoms with Gasteiger partial charge in [-0.1, -0.05) is 6.07 Å². The Kier molecular flexibility index (Phi) is 2.17. The second-order valence-electron chi connectivity index (χ2n) is 4.12. The molecule has 6 heteroatoms. The minimum atomic E-state index is -4.27. The quantitative estimate of drug-likeness (QED) is 0.660. The Morgan fingerprint density at radius 3 is 2.71 bits per heavy atom. The molecule has 0 saturated carbocycles. The second kappa shape index (κ2) is 3.39. The Labute approximate surface area is 98.5 Å². The summed E-state index contributed by atoms with van der Waals surface area (Å²) in [7, 11) is 2.43. The molecule has 0 fully saturated rings. The van der Waals surface area contributed by atoms with Crippen molar-refractivity contribution in [2.75, 3.05) is 11.9 Å². The normalized spacial score (nSPS) is 23.4. The van der Waals surface area contributed by atoms with E-state index in [1.54, 1.807) is 6.07 Å². The molecular weight excluding hydrogens is 248 g/mol. The lowest BCUT2D eigenvalue weighted by Crippen LogP contribution is -2.28. The molecule has 17 heavy (non-hydrogen) atoms. The van der Waals surface area contributed by atoms with Crippen LogP contribution in [0.25, 0.3) is 0 Å². The van der Waals surface area contributed by atoms with Crippen LogP contribution in [0.15, 0.2) is 30.6 Å². The smallest absolute Gasteiger partial charge is 0.355 e. The van der Waals surface area contributed by atoms with Gasteiger partial charge in [0.1, 0.15) is 5.91 Å². The molecule has 2 unspecified atom stereocenters. The maximum absolute atomic E-state index is 12.6. The molecule has 0 saturated heterocycles. The highest BCUT2D eigenvalue weighted by molar-refractivity contribution is 7.49. The summed E-state index contributed by atoms with van der Waals surface area (Å²) in [6.07, 6.45) is -0.546. The Bertz CT molecular complexity index is 498. The van der Waals surface area contributed by atoms with Crippen molar-refractivity contribution in [2.24, 2.45) is 0 Å². The van der Waals surface area contributed by atoms with Crippen molar-refractivity contribution in [1.82, 2.24) is 4.90 Å². The molecule has 0 amide bonds. The summed E-state index contributed by atoms with van der Waals surface area (Å²) in [5.41, 5.74) is 0.105. The maximum atomic E-state index is 12.6. The zero-order valence-corrected chi connectivity index (χ0v) is 9.99. The molecule has 0 aliphatic carbocycles. The van der Waals surface area contributed by atoms with Crippen molar-refractivity contribution in [3.63, 3.8) is 0 Å². The molecule has 2 atom stereocenters. The fourth-order valence-corrected chi connectivity index (χ4v) is 3.56. The van der Waals surface area contributed by atoms with E-state index in [1.165, 1.54) is 6.07 Å². The lowest BCUT2D eigenvalue weighted by Gasteiger charge is -2.23. The van der Waals surface area contributed by atoms with Crippen LogP contribution in [0.4, 0.5) is 18.9 Å². The van der Waals surface area contributed by atoms with Gasteiger partial charge in [0.05, 0.1) is 11.3 Å². The van der Waals surface area contributed by atoms with Gasteiger partial charge in [0.15, 0.2) is 0 Å². The molecule has 0 aromatic heterocycles. The summed E-state index contributed by atoms with van der Waals surface area (Å²) in [6, 6.07) is 4.00. The Hall–Kier alpha value is -1.22. The van der Waals surface area contributed by atoms with E-state index in [4.69, 9.17) is 0 Å². The van der Waals surface area contributed by atoms with Gasteiger partial charge in [0, 0.05) is 24.8 Å². The average molecular weight is 258 g/mol. The molecule has 2 heterocycles. The van der Waals surface area contributed by atoms with E-state index in [0.29, 0.717) is 14.3 Å². The van der Waals surface area contributed by atoms with Gasteiger partial charge < -0.3 is 9.80 Å². The summed E-state index contributed by atoms with van der Waals surface area (Å²) >= 11 is 0. The van der Waals surface area contributed by atoms with E-state index in [9.17, 15) is 13.2 Å². The van der Waals surface area contributed by atoms with Crippen molar-refractivity contribution in [3.05, 3.63) is 36.2 Å². The van der Waals surface area contributed by atoms with Crippen LogP contribution in [0.1, 0.15) is 5.56 Å². The third kappa shape index (κ3) is 1.61. The predicted octanol–water partition coefficient (Wildman–Crippen LogP) is 2.53. The highest BCUT2D eigenvalue weighted by Crippen LogP contribution is 2.43. The van der Waals surface area contributed by atoms with Crippen molar-refractivity contribution >= 4 is 19.6 Å². The number of anilines is 1. The number of alkyl halides is 3. The number of nitrogens with zero attached hydrogens (tertiary/aromatic N) is 2. The maximum Gasteiger partial charge on any atom is 0.416 e. The zero-order valence-electron chi connectivity index (χ0n) is 8.99. The van der Waals surface area contributed by atoms with E-state index in [0.717, 1.165) is 11.4 Å². The van der Waals surface area contributed by atoms with Gasteiger partial charge in [-0.05, 0) is 20.7 Å². The van der Waals surface area contributed by atoms with Gasteiger partial charge in [-0.3, -0.25) is 0 Å². The molecule has 0 spiro atoms. The first kappa shape index (κ1) is 10.9. The molecule has 3 rings (SSSR count). The van der Waals surface area contributed by atoms with Crippen LogP contribution in [0.2, 0.25) is 0 Å². The van der Waals surface area contributed by atoms with Gasteiger partial charge in [-0.15, -0.1) is 0 Å². The van der Waals surface area contributed by atoms with Crippen molar-refractivity contribution in [1.29, 1.82) is 0 Å². The largest absolute Gasteiger partial charge is 0.416 e. The van der Waals surface area contributed by atoms with E-state index >= 15 is 0 Å². The monoisotopic (exact) mass is 258 g/mol. The number of rotatable bonds is 0. The third-order valence-electron chi connectivity index (χ3n) is 3.00. The number of hydrogen-bond donors (Lipinski definition) is 0. The molecule has 2 nitrogen and oxygen atoms in total. The van der Waals surface area contributed by atoms with Crippen LogP contribution >= 0.6 is 8.58 Å². The van der Waals surface area contributed by atoms with E-state index in [-0.39, 0.29) is 5.91 Å². The zero-order chi connectivity index (χ0) is 12.2. The minimum Gasteiger partial charge on any atom is -0.355 e. The second-order valence-corrected chi connectivity index (χ2v) is 5.46. The van der Waals surface area contributed by atoms with E-state index in [2.05, 4.69) is 0 Å². The summed E-state index contributed by atoms with van der Waals surface area (Å²) in [5.74, 6) is 0.161. The van der Waals surface area contributed by atoms with Crippen molar-refractivity contribution in [3.8, 4) is 0 Å². The Morgan fingerprint density at radius 2 is 2.00 bits per heavy atom. The first-order valence-corrected chi connectivity index (χ1v) is 6.21. The number of halogens is 3. The fourth-order valence-electron chi connectivity index (χ4n) is 2.10. The number of fused-ring (bicyclic) bond motifs is 3. The van der Waals surface area contributed by atoms with Crippen molar-refractivity contribution < 1.29 is 13.2 Å². The van der Waals surface area contributed by atoms with E-state index in [1.807, 2.05) is 29.2 Å². The van der Waals surface area contributed by atoms with Crippen LogP contribution in [0.3, 0.4) is 0 Å². The summed E-state index contributed by atoms with van der Waals surface area (Å²) in [6.45, 7) is 0. The first-order valence-electron chi connectivity index (χ1n) is 5.13. The summed E-state index contributed by atoms with van der Waals surface area (Å²) < 4.78 is 37.9. The highest BCUT2D eigenvalue weighted by Gasteiger charge is 2.37. The van der Waals surface area contributed by atoms with Crippen molar-refractivity contribution in [2.45, 2.75) is 12.1 Å². The molecule has 2 aliphatic heterocycles. The SMILES string of the molecule is CN1C=CN2c3cc(C(F)(F)F)ccc3PC12. The molecule has 0 bridgehead atoms. The molecule has 0 radical (unpaired) electrons. The summed E-state index contributed by atoms with van der Waals surface area (Å²) in [4.78, 5) is 3.93. The van der Waals surface area contributed by atoms with Crippen LogP contribution in [0, 0.1) is 0 Å². The van der Waals surface area contributed by atoms with Crippen LogP contribution in [0.5, 0.6) is 0 Å². The number of benzene rings is 1. The lowest BCUT2D eigenvalue weighted by atomic mass is 10.2. The molecule has 2 aliphatic rings. The Morgan fingerprint density at radius 1 is 1.24 bits per heavy atom. The fraction of sp³-hybridized carbons (Fsp3) is 0.273. The van der Waals surface area contributed by atoms with Gasteiger partial charge in [-0.2, -0.15) is 13.2 Å². The van der Waals surface area contributed by atoms with Gasteiger partial charge in [0.2, 0.25) is 0 Å². The predicted molar refractivity (Wildman–Crippen MR) is 62.6 cm³/mol. The molecule has 0 N–H and O–H groups in total. The minimum absolute atomic E-state index is 0.161. The number of hydrogen-bond acceptors (Lipinski definition) is 2. The molecule has 90 valence electrons. The summed E-state index contributed by atoms with van der Waals surface area (Å²) in [5, 5.41) is 0.999. The van der Waals surface area contributed by atoms with Crippen LogP contribution < -0.4 is 10.2 Å². The van der Waals surface area contributed by atoms with Gasteiger partial charge in [-0.25, -0.2) is 0 Å². The lowest BCUT2D eigenvalue weighted by molar-refractivity contribution is -0.137. The third-order valence-corrected chi connectivity index (χ3v) is 4.68. The highest BCUT2D eigenvalue weighted by atomic mass is 31.1. The standard InChI is InChI=1S/C11H10F3N2P/c1-15-4-5-16-8-6-7(11(12,13)14)2-3-9(8)17-10(15)16/h2-6,10,17H,1H3. The van der Waals surface area contributed by atoms with Crippen LogP contribution in [-0.4, -0.2) is 17.9 Å². The van der Waals surface area contributed by atoms with Gasteiger partial charge in [0.25, 0.3) is 0 Å². The molecular formula is C11H10F3N2P. The first-order chi connectivity index (χ1) is 7.97. The molecule has 1 aromatic rings. The van der Waals surface area contributed by atoms with Crippen LogP contribution in [-0.2, 0) is 6.18 Å².